The smallest absolute Gasteiger partial charge is 0.256 e. The minimum atomic E-state index is -0.162. The molecule has 0 aliphatic carbocycles. The van der Waals surface area contributed by atoms with E-state index in [0.717, 1.165) is 30.6 Å². The molecule has 7 nitrogen and oxygen atoms in total. The third-order valence-electron chi connectivity index (χ3n) is 3.82. The van der Waals surface area contributed by atoms with Crippen molar-refractivity contribution >= 4 is 23.2 Å². The fourth-order valence-corrected chi connectivity index (χ4v) is 2.66. The summed E-state index contributed by atoms with van der Waals surface area (Å²) in [5.74, 6) is -0.306. The summed E-state index contributed by atoms with van der Waals surface area (Å²) < 4.78 is 1.48. The third kappa shape index (κ3) is 3.33. The molecule has 3 N–H and O–H groups in total. The molecule has 1 aromatic heterocycles. The molecule has 0 bridgehead atoms. The van der Waals surface area contributed by atoms with Crippen LogP contribution in [0.1, 0.15) is 22.3 Å². The predicted octanol–water partition coefficient (Wildman–Crippen LogP) is 1.24. The van der Waals surface area contributed by atoms with E-state index in [4.69, 9.17) is 0 Å². The fraction of sp³-hybridized carbons (Fsp3) is 0.312. The second-order valence-electron chi connectivity index (χ2n) is 5.42. The minimum absolute atomic E-state index is 0.122. The van der Waals surface area contributed by atoms with Crippen molar-refractivity contribution in [1.29, 1.82) is 0 Å². The Morgan fingerprint density at radius 3 is 3.09 bits per heavy atom. The zero-order valence-electron chi connectivity index (χ0n) is 12.9. The number of anilines is 2. The first-order chi connectivity index (χ1) is 11.2. The molecule has 0 saturated carbocycles. The lowest BCUT2D eigenvalue weighted by Gasteiger charge is -2.20. The molecular formula is C16H19N5O2. The van der Waals surface area contributed by atoms with Crippen molar-refractivity contribution in [3.05, 3.63) is 41.7 Å². The number of carbonyl (C=O) groups is 2. The summed E-state index contributed by atoms with van der Waals surface area (Å²) in [6.07, 6.45) is 5.08. The minimum Gasteiger partial charge on any atom is -0.385 e. The van der Waals surface area contributed by atoms with Crippen LogP contribution in [0.5, 0.6) is 0 Å². The molecule has 2 heterocycles. The Kier molecular flexibility index (Phi) is 4.27. The van der Waals surface area contributed by atoms with Gasteiger partial charge in [0.25, 0.3) is 5.91 Å². The van der Waals surface area contributed by atoms with E-state index in [0.29, 0.717) is 11.3 Å². The van der Waals surface area contributed by atoms with Crippen molar-refractivity contribution in [3.8, 4) is 0 Å². The Balaban J connectivity index is 1.74. The molecule has 2 amide bonds. The Bertz CT molecular complexity index is 738. The summed E-state index contributed by atoms with van der Waals surface area (Å²) in [5.41, 5.74) is 3.32. The number of hydrogen-bond donors (Lipinski definition) is 3. The maximum absolute atomic E-state index is 12.5. The molecule has 2 aromatic rings. The first kappa shape index (κ1) is 15.1. The van der Waals surface area contributed by atoms with Gasteiger partial charge in [0, 0.05) is 31.0 Å². The van der Waals surface area contributed by atoms with E-state index < -0.39 is 0 Å². The summed E-state index contributed by atoms with van der Waals surface area (Å²) in [6, 6.07) is 5.70. The summed E-state index contributed by atoms with van der Waals surface area (Å²) >= 11 is 0. The number of hydrogen-bond acceptors (Lipinski definition) is 4. The zero-order valence-corrected chi connectivity index (χ0v) is 12.9. The van der Waals surface area contributed by atoms with Gasteiger partial charge in [-0.15, -0.1) is 0 Å². The average Bonchev–Trinajstić information content (AvgIpc) is 3.01. The molecule has 0 fully saturated rings. The van der Waals surface area contributed by atoms with Gasteiger partial charge in [0.15, 0.2) is 0 Å². The van der Waals surface area contributed by atoms with Crippen molar-refractivity contribution in [2.24, 2.45) is 0 Å². The Labute approximate surface area is 134 Å². The Morgan fingerprint density at radius 2 is 2.26 bits per heavy atom. The van der Waals surface area contributed by atoms with Gasteiger partial charge in [-0.25, -0.2) is 0 Å². The molecule has 1 aromatic carbocycles. The Morgan fingerprint density at radius 1 is 1.39 bits per heavy atom. The van der Waals surface area contributed by atoms with Crippen molar-refractivity contribution in [2.45, 2.75) is 19.4 Å². The molecule has 3 rings (SSSR count). The molecule has 0 radical (unpaired) electrons. The number of fused-ring (bicyclic) bond motifs is 1. The van der Waals surface area contributed by atoms with Crippen LogP contribution < -0.4 is 16.0 Å². The fourth-order valence-electron chi connectivity index (χ4n) is 2.66. The highest BCUT2D eigenvalue weighted by atomic mass is 16.2. The summed E-state index contributed by atoms with van der Waals surface area (Å²) in [7, 11) is 1.57. The van der Waals surface area contributed by atoms with E-state index in [9.17, 15) is 9.59 Å². The van der Waals surface area contributed by atoms with Crippen LogP contribution in [0.4, 0.5) is 11.4 Å². The van der Waals surface area contributed by atoms with Gasteiger partial charge in [-0.1, -0.05) is 6.07 Å². The van der Waals surface area contributed by atoms with Crippen LogP contribution in [-0.2, 0) is 17.8 Å². The number of rotatable bonds is 4. The highest BCUT2D eigenvalue weighted by molar-refractivity contribution is 6.06. The van der Waals surface area contributed by atoms with Crippen LogP contribution in [0, 0.1) is 0 Å². The molecule has 7 heteroatoms. The maximum atomic E-state index is 12.5. The highest BCUT2D eigenvalue weighted by Gasteiger charge is 2.17. The normalized spacial score (nSPS) is 12.9. The second-order valence-corrected chi connectivity index (χ2v) is 5.42. The molecule has 120 valence electrons. The predicted molar refractivity (Wildman–Crippen MR) is 87.5 cm³/mol. The van der Waals surface area contributed by atoms with Gasteiger partial charge in [0.2, 0.25) is 5.91 Å². The van der Waals surface area contributed by atoms with Crippen molar-refractivity contribution in [1.82, 2.24) is 15.1 Å². The number of amides is 2. The molecule has 1 aliphatic heterocycles. The van der Waals surface area contributed by atoms with Crippen LogP contribution in [-0.4, -0.2) is 35.2 Å². The van der Waals surface area contributed by atoms with E-state index in [-0.39, 0.29) is 18.4 Å². The van der Waals surface area contributed by atoms with Crippen molar-refractivity contribution in [2.75, 3.05) is 24.2 Å². The lowest BCUT2D eigenvalue weighted by atomic mass is 9.97. The number of aromatic nitrogens is 2. The summed E-state index contributed by atoms with van der Waals surface area (Å²) in [5, 5.41) is 12.7. The average molecular weight is 313 g/mol. The topological polar surface area (TPSA) is 88.0 Å². The monoisotopic (exact) mass is 313 g/mol. The lowest BCUT2D eigenvalue weighted by molar-refractivity contribution is -0.121. The van der Waals surface area contributed by atoms with Crippen LogP contribution >= 0.6 is 0 Å². The van der Waals surface area contributed by atoms with Gasteiger partial charge in [-0.2, -0.15) is 5.10 Å². The van der Waals surface area contributed by atoms with Gasteiger partial charge >= 0.3 is 0 Å². The molecule has 0 spiro atoms. The third-order valence-corrected chi connectivity index (χ3v) is 3.82. The van der Waals surface area contributed by atoms with Gasteiger partial charge in [-0.3, -0.25) is 14.3 Å². The number of carbonyl (C=O) groups excluding carboxylic acids is 2. The first-order valence-corrected chi connectivity index (χ1v) is 7.57. The van der Waals surface area contributed by atoms with Crippen molar-refractivity contribution in [3.63, 3.8) is 0 Å². The van der Waals surface area contributed by atoms with Crippen LogP contribution in [0.25, 0.3) is 0 Å². The van der Waals surface area contributed by atoms with E-state index in [1.165, 1.54) is 10.9 Å². The maximum Gasteiger partial charge on any atom is 0.256 e. The SMILES string of the molecule is CNC(=O)Cn1cc(NC(=O)c2cccc3c2CCCN3)cn1. The molecule has 0 saturated heterocycles. The van der Waals surface area contributed by atoms with E-state index in [1.807, 2.05) is 18.2 Å². The largest absolute Gasteiger partial charge is 0.385 e. The number of nitrogens with one attached hydrogen (secondary N) is 3. The van der Waals surface area contributed by atoms with Crippen LogP contribution in [0.3, 0.4) is 0 Å². The molecular weight excluding hydrogens is 294 g/mol. The van der Waals surface area contributed by atoms with Gasteiger partial charge < -0.3 is 16.0 Å². The van der Waals surface area contributed by atoms with Gasteiger partial charge in [0.1, 0.15) is 6.54 Å². The molecule has 23 heavy (non-hydrogen) atoms. The Hall–Kier alpha value is -2.83. The van der Waals surface area contributed by atoms with E-state index >= 15 is 0 Å². The molecule has 1 aliphatic rings. The summed E-state index contributed by atoms with van der Waals surface area (Å²) in [4.78, 5) is 23.8. The number of likely N-dealkylation sites (N-methyl/N-ethyl adjacent to an activating group) is 1. The first-order valence-electron chi connectivity index (χ1n) is 7.57. The highest BCUT2D eigenvalue weighted by Crippen LogP contribution is 2.25. The van der Waals surface area contributed by atoms with Crippen molar-refractivity contribution < 1.29 is 9.59 Å². The zero-order chi connectivity index (χ0) is 16.2. The summed E-state index contributed by atoms with van der Waals surface area (Å²) in [6.45, 7) is 1.06. The standard InChI is InChI=1S/C16H19N5O2/c1-17-15(22)10-21-9-11(8-19-21)20-16(23)13-4-2-6-14-12(13)5-3-7-18-14/h2,4,6,8-9,18H,3,5,7,10H2,1H3,(H,17,22)(H,20,23). The molecule has 0 unspecified atom stereocenters. The quantitative estimate of drug-likeness (QED) is 0.792. The lowest BCUT2D eigenvalue weighted by Crippen LogP contribution is -2.23. The van der Waals surface area contributed by atoms with Crippen LogP contribution in [0.15, 0.2) is 30.6 Å². The van der Waals surface area contributed by atoms with Gasteiger partial charge in [0.05, 0.1) is 11.9 Å². The van der Waals surface area contributed by atoms with Crippen LogP contribution in [0.2, 0.25) is 0 Å². The number of nitrogens with zero attached hydrogens (tertiary/aromatic N) is 2. The van der Waals surface area contributed by atoms with Gasteiger partial charge in [-0.05, 0) is 30.5 Å². The number of benzene rings is 1. The second kappa shape index (κ2) is 6.51. The van der Waals surface area contributed by atoms with E-state index in [1.54, 1.807) is 13.2 Å². The van der Waals surface area contributed by atoms with E-state index in [2.05, 4.69) is 21.0 Å². The molecule has 0 atom stereocenters.